The highest BCUT2D eigenvalue weighted by Gasteiger charge is 2.17. The Labute approximate surface area is 122 Å². The van der Waals surface area contributed by atoms with Crippen LogP contribution in [-0.2, 0) is 11.3 Å². The number of urea groups is 1. The van der Waals surface area contributed by atoms with Crippen LogP contribution in [0, 0.1) is 0 Å². The zero-order valence-electron chi connectivity index (χ0n) is 11.4. The average Bonchev–Trinajstić information content (AvgIpc) is 2.90. The molecule has 0 bridgehead atoms. The molecule has 0 atom stereocenters. The van der Waals surface area contributed by atoms with Crippen molar-refractivity contribution in [2.24, 2.45) is 5.73 Å². The minimum absolute atomic E-state index is 0.307. The first-order chi connectivity index (χ1) is 9.63. The highest BCUT2D eigenvalue weighted by Crippen LogP contribution is 2.13. The lowest BCUT2D eigenvalue weighted by Crippen LogP contribution is -2.47. The van der Waals surface area contributed by atoms with Crippen LogP contribution >= 0.6 is 11.3 Å². The van der Waals surface area contributed by atoms with Crippen molar-refractivity contribution in [1.82, 2.24) is 15.1 Å². The predicted molar refractivity (Wildman–Crippen MR) is 78.4 cm³/mol. The van der Waals surface area contributed by atoms with E-state index >= 15 is 0 Å². The Balaban J connectivity index is 1.64. The molecule has 2 heterocycles. The number of amides is 3. The minimum atomic E-state index is -0.782. The summed E-state index contributed by atoms with van der Waals surface area (Å²) in [6.07, 6.45) is 0.313. The average molecular weight is 296 g/mol. The summed E-state index contributed by atoms with van der Waals surface area (Å²) in [4.78, 5) is 27.9. The highest BCUT2D eigenvalue weighted by molar-refractivity contribution is 7.09. The second-order valence-electron chi connectivity index (χ2n) is 4.86. The summed E-state index contributed by atoms with van der Waals surface area (Å²) in [6.45, 7) is 5.61. The number of carbonyl (C=O) groups excluding carboxylic acids is 2. The number of nitrogens with one attached hydrogen (secondary N) is 1. The van der Waals surface area contributed by atoms with Gasteiger partial charge in [0.2, 0.25) is 5.91 Å². The minimum Gasteiger partial charge on any atom is -0.351 e. The van der Waals surface area contributed by atoms with Crippen LogP contribution in [0.3, 0.4) is 0 Å². The molecule has 6 nitrogen and oxygen atoms in total. The Bertz CT molecular complexity index is 441. The number of carbonyl (C=O) groups is 2. The largest absolute Gasteiger partial charge is 0.351 e. The third-order valence-corrected chi connectivity index (χ3v) is 4.20. The van der Waals surface area contributed by atoms with E-state index in [1.807, 2.05) is 0 Å². The van der Waals surface area contributed by atoms with Crippen LogP contribution in [0.4, 0.5) is 4.79 Å². The Hall–Kier alpha value is -1.44. The number of nitrogens with zero attached hydrogens (tertiary/aromatic N) is 2. The molecule has 1 aliphatic rings. The van der Waals surface area contributed by atoms with Crippen LogP contribution < -0.4 is 11.1 Å². The lowest BCUT2D eigenvalue weighted by molar-refractivity contribution is -0.120. The molecule has 1 aromatic rings. The normalized spacial score (nSPS) is 17.0. The third kappa shape index (κ3) is 4.92. The predicted octanol–water partition coefficient (Wildman–Crippen LogP) is 0.451. The SMILES string of the molecule is NC(=O)NC(=O)CCN1CCN(Cc2cccs2)CC1. The van der Waals surface area contributed by atoms with E-state index < -0.39 is 6.03 Å². The first-order valence-electron chi connectivity index (χ1n) is 6.70. The van der Waals surface area contributed by atoms with Crippen LogP contribution in [0.5, 0.6) is 0 Å². The zero-order chi connectivity index (χ0) is 14.4. The third-order valence-electron chi connectivity index (χ3n) is 3.34. The second-order valence-corrected chi connectivity index (χ2v) is 5.89. The standard InChI is InChI=1S/C13H20N4O2S/c14-13(19)15-12(18)3-4-16-5-7-17(8-6-16)10-11-2-1-9-20-11/h1-2,9H,3-8,10H2,(H3,14,15,18,19). The number of nitrogens with two attached hydrogens (primary N) is 1. The number of imide groups is 1. The van der Waals surface area contributed by atoms with Crippen molar-refractivity contribution in [2.75, 3.05) is 32.7 Å². The van der Waals surface area contributed by atoms with Gasteiger partial charge < -0.3 is 10.6 Å². The van der Waals surface area contributed by atoms with Gasteiger partial charge in [0, 0.05) is 50.6 Å². The summed E-state index contributed by atoms with van der Waals surface area (Å²) in [7, 11) is 0. The van der Waals surface area contributed by atoms with Crippen molar-refractivity contribution in [2.45, 2.75) is 13.0 Å². The Morgan fingerprint density at radius 2 is 1.95 bits per heavy atom. The topological polar surface area (TPSA) is 78.7 Å². The Morgan fingerprint density at radius 3 is 2.55 bits per heavy atom. The number of piperazine rings is 1. The maximum absolute atomic E-state index is 11.3. The van der Waals surface area contributed by atoms with E-state index in [1.165, 1.54) is 4.88 Å². The van der Waals surface area contributed by atoms with E-state index in [0.717, 1.165) is 32.7 Å². The first kappa shape index (κ1) is 15.0. The van der Waals surface area contributed by atoms with Gasteiger partial charge in [-0.3, -0.25) is 15.0 Å². The van der Waals surface area contributed by atoms with E-state index in [0.29, 0.717) is 13.0 Å². The lowest BCUT2D eigenvalue weighted by atomic mass is 10.2. The fraction of sp³-hybridized carbons (Fsp3) is 0.538. The molecule has 1 fully saturated rings. The molecule has 0 radical (unpaired) electrons. The van der Waals surface area contributed by atoms with Gasteiger partial charge in [0.25, 0.3) is 0 Å². The lowest BCUT2D eigenvalue weighted by Gasteiger charge is -2.34. The van der Waals surface area contributed by atoms with E-state index in [4.69, 9.17) is 5.73 Å². The molecule has 3 N–H and O–H groups in total. The van der Waals surface area contributed by atoms with Gasteiger partial charge in [-0.1, -0.05) is 6.07 Å². The molecule has 1 aromatic heterocycles. The van der Waals surface area contributed by atoms with Gasteiger partial charge in [-0.05, 0) is 11.4 Å². The van der Waals surface area contributed by atoms with Gasteiger partial charge >= 0.3 is 6.03 Å². The van der Waals surface area contributed by atoms with Crippen molar-refractivity contribution in [3.05, 3.63) is 22.4 Å². The smallest absolute Gasteiger partial charge is 0.318 e. The number of hydrogen-bond donors (Lipinski definition) is 2. The summed E-state index contributed by atoms with van der Waals surface area (Å²) in [5, 5.41) is 4.19. The van der Waals surface area contributed by atoms with Gasteiger partial charge in [-0.2, -0.15) is 0 Å². The van der Waals surface area contributed by atoms with Crippen LogP contribution in [0.1, 0.15) is 11.3 Å². The highest BCUT2D eigenvalue weighted by atomic mass is 32.1. The first-order valence-corrected chi connectivity index (χ1v) is 7.58. The quantitative estimate of drug-likeness (QED) is 0.827. The van der Waals surface area contributed by atoms with Gasteiger partial charge in [0.15, 0.2) is 0 Å². The monoisotopic (exact) mass is 296 g/mol. The summed E-state index contributed by atoms with van der Waals surface area (Å²) >= 11 is 1.79. The number of hydrogen-bond acceptors (Lipinski definition) is 5. The molecule has 0 saturated carbocycles. The number of rotatable bonds is 5. The Kier molecular flexibility index (Phi) is 5.51. The van der Waals surface area contributed by atoms with Crippen molar-refractivity contribution < 1.29 is 9.59 Å². The maximum atomic E-state index is 11.3. The van der Waals surface area contributed by atoms with Gasteiger partial charge in [0.05, 0.1) is 0 Å². The fourth-order valence-electron chi connectivity index (χ4n) is 2.25. The van der Waals surface area contributed by atoms with Crippen molar-refractivity contribution >= 4 is 23.3 Å². The molecule has 0 aromatic carbocycles. The molecule has 2 rings (SSSR count). The van der Waals surface area contributed by atoms with Crippen LogP contribution in [0.15, 0.2) is 17.5 Å². The van der Waals surface area contributed by atoms with Crippen molar-refractivity contribution in [1.29, 1.82) is 0 Å². The second kappa shape index (κ2) is 7.37. The fourth-order valence-corrected chi connectivity index (χ4v) is 3.00. The van der Waals surface area contributed by atoms with E-state index in [2.05, 4.69) is 32.6 Å². The van der Waals surface area contributed by atoms with Gasteiger partial charge in [0.1, 0.15) is 0 Å². The summed E-state index contributed by atoms with van der Waals surface area (Å²) in [6, 6.07) is 3.45. The molecule has 0 aliphatic carbocycles. The van der Waals surface area contributed by atoms with Gasteiger partial charge in [-0.15, -0.1) is 11.3 Å². The molecule has 0 unspecified atom stereocenters. The summed E-state index contributed by atoms with van der Waals surface area (Å²) < 4.78 is 0. The maximum Gasteiger partial charge on any atom is 0.318 e. The zero-order valence-corrected chi connectivity index (χ0v) is 12.2. The molecule has 110 valence electrons. The molecule has 3 amide bonds. The number of primary amides is 1. The summed E-state index contributed by atoms with van der Waals surface area (Å²) in [5.41, 5.74) is 4.89. The molecule has 1 saturated heterocycles. The van der Waals surface area contributed by atoms with E-state index in [1.54, 1.807) is 11.3 Å². The van der Waals surface area contributed by atoms with Gasteiger partial charge in [-0.25, -0.2) is 4.79 Å². The van der Waals surface area contributed by atoms with Crippen LogP contribution in [-0.4, -0.2) is 54.5 Å². The molecule has 20 heavy (non-hydrogen) atoms. The van der Waals surface area contributed by atoms with Crippen LogP contribution in [0.2, 0.25) is 0 Å². The van der Waals surface area contributed by atoms with Crippen LogP contribution in [0.25, 0.3) is 0 Å². The van der Waals surface area contributed by atoms with E-state index in [-0.39, 0.29) is 5.91 Å². The van der Waals surface area contributed by atoms with Crippen molar-refractivity contribution in [3.63, 3.8) is 0 Å². The molecule has 1 aliphatic heterocycles. The molecule has 7 heteroatoms. The number of thiophene rings is 1. The van der Waals surface area contributed by atoms with E-state index in [9.17, 15) is 9.59 Å². The molecule has 0 spiro atoms. The van der Waals surface area contributed by atoms with Crippen molar-refractivity contribution in [3.8, 4) is 0 Å². The summed E-state index contributed by atoms with van der Waals surface area (Å²) in [5.74, 6) is -0.307. The molecular weight excluding hydrogens is 276 g/mol. The Morgan fingerprint density at radius 1 is 1.25 bits per heavy atom. The molecular formula is C13H20N4O2S.